The lowest BCUT2D eigenvalue weighted by Gasteiger charge is -2.33. The van der Waals surface area contributed by atoms with Crippen molar-refractivity contribution < 1.29 is 9.59 Å². The van der Waals surface area contributed by atoms with E-state index in [4.69, 9.17) is 0 Å². The topological polar surface area (TPSA) is 64.7 Å². The summed E-state index contributed by atoms with van der Waals surface area (Å²) in [6.07, 6.45) is 3.13. The summed E-state index contributed by atoms with van der Waals surface area (Å²) in [6.45, 7) is 3.96. The van der Waals surface area contributed by atoms with E-state index in [1.165, 1.54) is 6.42 Å². The number of hydrogen-bond acceptors (Lipinski definition) is 3. The molecule has 1 atom stereocenters. The summed E-state index contributed by atoms with van der Waals surface area (Å²) in [6, 6.07) is 7.35. The van der Waals surface area contributed by atoms with Crippen molar-refractivity contribution in [1.29, 1.82) is 0 Å². The third-order valence-electron chi connectivity index (χ3n) is 4.78. The van der Waals surface area contributed by atoms with Crippen LogP contribution in [-0.2, 0) is 0 Å². The molecule has 1 aromatic rings. The molecule has 7 heteroatoms. The van der Waals surface area contributed by atoms with Crippen molar-refractivity contribution in [2.24, 2.45) is 5.92 Å². The van der Waals surface area contributed by atoms with Crippen LogP contribution in [0.4, 0.5) is 10.5 Å². The molecule has 0 bridgehead atoms. The van der Waals surface area contributed by atoms with Crippen LogP contribution in [0.3, 0.4) is 0 Å². The van der Waals surface area contributed by atoms with Crippen LogP contribution in [0.15, 0.2) is 24.3 Å². The number of amides is 3. The summed E-state index contributed by atoms with van der Waals surface area (Å²) >= 11 is 0. The molecule has 0 radical (unpaired) electrons. The van der Waals surface area contributed by atoms with Gasteiger partial charge in [0.25, 0.3) is 5.91 Å². The second-order valence-electron chi connectivity index (χ2n) is 6.60. The number of urea groups is 1. The molecule has 1 unspecified atom stereocenters. The Labute approximate surface area is 155 Å². The number of carbonyl (C=O) groups excluding carboxylic acids is 2. The fourth-order valence-corrected chi connectivity index (χ4v) is 3.57. The molecule has 0 aromatic heterocycles. The van der Waals surface area contributed by atoms with Gasteiger partial charge in [-0.25, -0.2) is 4.79 Å². The minimum absolute atomic E-state index is 0. The maximum atomic E-state index is 12.9. The molecule has 2 fully saturated rings. The first-order chi connectivity index (χ1) is 11.7. The van der Waals surface area contributed by atoms with E-state index >= 15 is 0 Å². The molecular formula is C18H27ClN4O2. The molecule has 138 valence electrons. The monoisotopic (exact) mass is 366 g/mol. The van der Waals surface area contributed by atoms with Gasteiger partial charge in [-0.3, -0.25) is 9.69 Å². The normalized spacial score (nSPS) is 20.7. The second-order valence-corrected chi connectivity index (χ2v) is 6.60. The van der Waals surface area contributed by atoms with Crippen molar-refractivity contribution in [1.82, 2.24) is 15.5 Å². The van der Waals surface area contributed by atoms with Crippen LogP contribution in [-0.4, -0.2) is 56.6 Å². The van der Waals surface area contributed by atoms with Crippen molar-refractivity contribution in [2.75, 3.05) is 44.7 Å². The highest BCUT2D eigenvalue weighted by Gasteiger charge is 2.25. The summed E-state index contributed by atoms with van der Waals surface area (Å²) in [4.78, 5) is 28.5. The van der Waals surface area contributed by atoms with Gasteiger partial charge in [0.15, 0.2) is 0 Å². The molecule has 2 N–H and O–H groups in total. The van der Waals surface area contributed by atoms with E-state index in [-0.39, 0.29) is 24.3 Å². The predicted molar refractivity (Wildman–Crippen MR) is 102 cm³/mol. The molecule has 0 saturated carbocycles. The highest BCUT2D eigenvalue weighted by atomic mass is 35.5. The Kier molecular flexibility index (Phi) is 7.08. The summed E-state index contributed by atoms with van der Waals surface area (Å²) < 4.78 is 0. The van der Waals surface area contributed by atoms with Gasteiger partial charge in [-0.1, -0.05) is 6.07 Å². The maximum Gasteiger partial charge on any atom is 0.321 e. The number of carbonyl (C=O) groups is 2. The Bertz CT molecular complexity index is 608. The zero-order valence-corrected chi connectivity index (χ0v) is 15.5. The van der Waals surface area contributed by atoms with Gasteiger partial charge in [0.05, 0.1) is 0 Å². The zero-order chi connectivity index (χ0) is 16.9. The largest absolute Gasteiger partial charge is 0.338 e. The SMILES string of the molecule is CNCC1CCCN(C(=O)c2cccc(N3CCCNC3=O)c2)C1.Cl. The standard InChI is InChI=1S/C18H26N4O2.ClH/c1-19-12-14-5-3-9-21(13-14)17(23)15-6-2-7-16(11-15)22-10-4-8-20-18(22)24;/h2,6-7,11,14,19H,3-5,8-10,12-13H2,1H3,(H,20,24);1H. The number of rotatable bonds is 4. The van der Waals surface area contributed by atoms with Crippen LogP contribution < -0.4 is 15.5 Å². The number of anilines is 1. The summed E-state index contributed by atoms with van der Waals surface area (Å²) in [5.41, 5.74) is 1.46. The van der Waals surface area contributed by atoms with Crippen molar-refractivity contribution in [3.05, 3.63) is 29.8 Å². The van der Waals surface area contributed by atoms with Crippen molar-refractivity contribution in [2.45, 2.75) is 19.3 Å². The van der Waals surface area contributed by atoms with E-state index < -0.39 is 0 Å². The van der Waals surface area contributed by atoms with Crippen LogP contribution in [0, 0.1) is 5.92 Å². The lowest BCUT2D eigenvalue weighted by molar-refractivity contribution is 0.0674. The number of piperidine rings is 1. The number of hydrogen-bond donors (Lipinski definition) is 2. The molecule has 2 heterocycles. The van der Waals surface area contributed by atoms with Crippen LogP contribution >= 0.6 is 12.4 Å². The van der Waals surface area contributed by atoms with Gasteiger partial charge in [0, 0.05) is 37.4 Å². The molecule has 3 rings (SSSR count). The fourth-order valence-electron chi connectivity index (χ4n) is 3.57. The average molecular weight is 367 g/mol. The van der Waals surface area contributed by atoms with Gasteiger partial charge in [0.1, 0.15) is 0 Å². The molecule has 2 aliphatic rings. The molecule has 1 aromatic carbocycles. The molecule has 2 aliphatic heterocycles. The number of likely N-dealkylation sites (tertiary alicyclic amines) is 1. The second kappa shape index (κ2) is 9.06. The Balaban J connectivity index is 0.00000225. The smallest absolute Gasteiger partial charge is 0.321 e. The molecular weight excluding hydrogens is 340 g/mol. The predicted octanol–water partition coefficient (Wildman–Crippen LogP) is 2.10. The Morgan fingerprint density at radius 2 is 2.16 bits per heavy atom. The van der Waals surface area contributed by atoms with Gasteiger partial charge < -0.3 is 15.5 Å². The highest BCUT2D eigenvalue weighted by Crippen LogP contribution is 2.22. The lowest BCUT2D eigenvalue weighted by Crippen LogP contribution is -2.46. The summed E-state index contributed by atoms with van der Waals surface area (Å²) in [7, 11) is 1.95. The van der Waals surface area contributed by atoms with Crippen LogP contribution in [0.1, 0.15) is 29.6 Å². The van der Waals surface area contributed by atoms with E-state index in [2.05, 4.69) is 10.6 Å². The van der Waals surface area contributed by atoms with Gasteiger partial charge in [-0.15, -0.1) is 12.4 Å². The first-order valence-corrected chi connectivity index (χ1v) is 8.78. The quantitative estimate of drug-likeness (QED) is 0.857. The Morgan fingerprint density at radius 3 is 2.92 bits per heavy atom. The first kappa shape index (κ1) is 19.5. The molecule has 6 nitrogen and oxygen atoms in total. The molecule has 2 saturated heterocycles. The van der Waals surface area contributed by atoms with Gasteiger partial charge in [0.2, 0.25) is 0 Å². The Hall–Kier alpha value is -1.79. The first-order valence-electron chi connectivity index (χ1n) is 8.78. The molecule has 25 heavy (non-hydrogen) atoms. The maximum absolute atomic E-state index is 12.9. The average Bonchev–Trinajstić information content (AvgIpc) is 2.62. The van der Waals surface area contributed by atoms with Crippen LogP contribution in [0.2, 0.25) is 0 Å². The summed E-state index contributed by atoms with van der Waals surface area (Å²) in [5, 5.41) is 6.05. The van der Waals surface area contributed by atoms with Crippen molar-refractivity contribution in [3.63, 3.8) is 0 Å². The third-order valence-corrected chi connectivity index (χ3v) is 4.78. The van der Waals surface area contributed by atoms with Crippen molar-refractivity contribution >= 4 is 30.0 Å². The van der Waals surface area contributed by atoms with Crippen molar-refractivity contribution in [3.8, 4) is 0 Å². The summed E-state index contributed by atoms with van der Waals surface area (Å²) in [5.74, 6) is 0.582. The number of halogens is 1. The van der Waals surface area contributed by atoms with E-state index in [0.717, 1.165) is 38.2 Å². The fraction of sp³-hybridized carbons (Fsp3) is 0.556. The van der Waals surface area contributed by atoms with E-state index in [9.17, 15) is 9.59 Å². The molecule has 0 spiro atoms. The van der Waals surface area contributed by atoms with Gasteiger partial charge >= 0.3 is 6.03 Å². The number of nitrogens with one attached hydrogen (secondary N) is 2. The number of nitrogens with zero attached hydrogens (tertiary/aromatic N) is 2. The van der Waals surface area contributed by atoms with E-state index in [0.29, 0.717) is 24.6 Å². The molecule has 0 aliphatic carbocycles. The minimum Gasteiger partial charge on any atom is -0.338 e. The van der Waals surface area contributed by atoms with Crippen LogP contribution in [0.25, 0.3) is 0 Å². The van der Waals surface area contributed by atoms with Gasteiger partial charge in [-0.2, -0.15) is 0 Å². The minimum atomic E-state index is -0.0853. The zero-order valence-electron chi connectivity index (χ0n) is 14.7. The van der Waals surface area contributed by atoms with E-state index in [1.807, 2.05) is 36.2 Å². The van der Waals surface area contributed by atoms with Crippen LogP contribution in [0.5, 0.6) is 0 Å². The lowest BCUT2D eigenvalue weighted by atomic mass is 9.97. The molecule has 3 amide bonds. The Morgan fingerprint density at radius 1 is 1.32 bits per heavy atom. The highest BCUT2D eigenvalue weighted by molar-refractivity contribution is 5.98. The number of benzene rings is 1. The third kappa shape index (κ3) is 4.64. The van der Waals surface area contributed by atoms with Gasteiger partial charge in [-0.05, 0) is 57.0 Å². The van der Waals surface area contributed by atoms with E-state index in [1.54, 1.807) is 4.90 Å².